The van der Waals surface area contributed by atoms with Crippen LogP contribution in [-0.4, -0.2) is 52.3 Å². The van der Waals surface area contributed by atoms with Gasteiger partial charge in [-0.05, 0) is 38.0 Å². The highest BCUT2D eigenvalue weighted by molar-refractivity contribution is 5.98. The van der Waals surface area contributed by atoms with Gasteiger partial charge in [0.25, 0.3) is 5.91 Å². The molecule has 27 heavy (non-hydrogen) atoms. The molecule has 142 valence electrons. The van der Waals surface area contributed by atoms with E-state index in [1.165, 1.54) is 20.3 Å². The highest BCUT2D eigenvalue weighted by atomic mass is 16.5. The Kier molecular flexibility index (Phi) is 4.33. The molecule has 2 heterocycles. The van der Waals surface area contributed by atoms with Crippen molar-refractivity contribution in [2.45, 2.75) is 38.3 Å². The number of carbonyl (C=O) groups is 2. The van der Waals surface area contributed by atoms with Crippen molar-refractivity contribution < 1.29 is 19.1 Å². The third kappa shape index (κ3) is 3.15. The standard InChI is InChI=1S/C19H22N4O4/c1-11-9-22(10-16-20-21-17(23(11)16)12-4-5-12)18(24)13-6-14(19(25)27-3)8-15(7-13)26-2/h6-8,11-12H,4-5,9-10H2,1-3H3/t11-/m0/s1. The van der Waals surface area contributed by atoms with E-state index in [0.717, 1.165) is 24.5 Å². The van der Waals surface area contributed by atoms with Crippen LogP contribution in [0.3, 0.4) is 0 Å². The zero-order valence-corrected chi connectivity index (χ0v) is 15.6. The van der Waals surface area contributed by atoms with Gasteiger partial charge in [-0.15, -0.1) is 10.2 Å². The van der Waals surface area contributed by atoms with Crippen molar-refractivity contribution in [2.24, 2.45) is 0 Å². The van der Waals surface area contributed by atoms with E-state index in [1.807, 2.05) is 0 Å². The molecule has 0 saturated heterocycles. The van der Waals surface area contributed by atoms with Gasteiger partial charge in [0.05, 0.1) is 32.4 Å². The first-order valence-electron chi connectivity index (χ1n) is 9.02. The Morgan fingerprint density at radius 2 is 1.85 bits per heavy atom. The third-order valence-electron chi connectivity index (χ3n) is 5.09. The number of amides is 1. The summed E-state index contributed by atoms with van der Waals surface area (Å²) in [5.41, 5.74) is 0.668. The first kappa shape index (κ1) is 17.5. The fraction of sp³-hybridized carbons (Fsp3) is 0.474. The number of nitrogens with zero attached hydrogens (tertiary/aromatic N) is 4. The SMILES string of the molecule is COC(=O)c1cc(OC)cc(C(=O)N2Cc3nnc(C4CC4)n3[C@@H](C)C2)c1. The summed E-state index contributed by atoms with van der Waals surface area (Å²) in [6.45, 7) is 3.03. The van der Waals surface area contributed by atoms with Gasteiger partial charge in [-0.3, -0.25) is 4.79 Å². The van der Waals surface area contributed by atoms with E-state index in [9.17, 15) is 9.59 Å². The lowest BCUT2D eigenvalue weighted by Gasteiger charge is -2.32. The molecule has 0 unspecified atom stereocenters. The smallest absolute Gasteiger partial charge is 0.338 e. The molecule has 1 aliphatic heterocycles. The molecule has 8 nitrogen and oxygen atoms in total. The van der Waals surface area contributed by atoms with Gasteiger partial charge in [0.2, 0.25) is 0 Å². The molecule has 1 aromatic heterocycles. The minimum absolute atomic E-state index is 0.106. The monoisotopic (exact) mass is 370 g/mol. The summed E-state index contributed by atoms with van der Waals surface area (Å²) in [5.74, 6) is 2.11. The number of esters is 1. The largest absolute Gasteiger partial charge is 0.497 e. The minimum atomic E-state index is -0.510. The summed E-state index contributed by atoms with van der Waals surface area (Å²) in [6, 6.07) is 4.83. The third-order valence-corrected chi connectivity index (χ3v) is 5.09. The Morgan fingerprint density at radius 3 is 2.52 bits per heavy atom. The minimum Gasteiger partial charge on any atom is -0.497 e. The second-order valence-corrected chi connectivity index (χ2v) is 7.10. The molecule has 1 atom stereocenters. The summed E-state index contributed by atoms with van der Waals surface area (Å²) in [6.07, 6.45) is 2.32. The van der Waals surface area contributed by atoms with Crippen LogP contribution < -0.4 is 4.74 Å². The van der Waals surface area contributed by atoms with E-state index in [2.05, 4.69) is 21.7 Å². The van der Waals surface area contributed by atoms with Crippen LogP contribution in [-0.2, 0) is 11.3 Å². The average Bonchev–Trinajstić information content (AvgIpc) is 3.45. The highest BCUT2D eigenvalue weighted by Crippen LogP contribution is 2.41. The van der Waals surface area contributed by atoms with Crippen LogP contribution in [0, 0.1) is 0 Å². The Labute approximate surface area is 157 Å². The molecular formula is C19H22N4O4. The Bertz CT molecular complexity index is 903. The van der Waals surface area contributed by atoms with Gasteiger partial charge in [0.15, 0.2) is 5.82 Å². The van der Waals surface area contributed by atoms with Crippen LogP contribution in [0.1, 0.15) is 64.1 Å². The zero-order chi connectivity index (χ0) is 19.1. The van der Waals surface area contributed by atoms with E-state index in [4.69, 9.17) is 9.47 Å². The number of fused-ring (bicyclic) bond motifs is 1. The van der Waals surface area contributed by atoms with Crippen LogP contribution in [0.15, 0.2) is 18.2 Å². The predicted molar refractivity (Wildman–Crippen MR) is 95.8 cm³/mol. The van der Waals surface area contributed by atoms with Gasteiger partial charge in [-0.25, -0.2) is 4.79 Å². The molecule has 0 radical (unpaired) electrons. The lowest BCUT2D eigenvalue weighted by molar-refractivity contribution is 0.0600. The Balaban J connectivity index is 1.62. The summed E-state index contributed by atoms with van der Waals surface area (Å²) in [7, 11) is 2.80. The summed E-state index contributed by atoms with van der Waals surface area (Å²) in [5, 5.41) is 8.65. The van der Waals surface area contributed by atoms with Crippen molar-refractivity contribution in [3.8, 4) is 5.75 Å². The maximum absolute atomic E-state index is 13.1. The molecule has 2 aromatic rings. The number of carbonyl (C=O) groups excluding carboxylic acids is 2. The Hall–Kier alpha value is -2.90. The second-order valence-electron chi connectivity index (χ2n) is 7.10. The number of methoxy groups -OCH3 is 2. The lowest BCUT2D eigenvalue weighted by atomic mass is 10.1. The van der Waals surface area contributed by atoms with E-state index >= 15 is 0 Å². The van der Waals surface area contributed by atoms with Crippen molar-refractivity contribution >= 4 is 11.9 Å². The molecule has 2 aliphatic rings. The Morgan fingerprint density at radius 1 is 1.11 bits per heavy atom. The molecule has 0 N–H and O–H groups in total. The second kappa shape index (κ2) is 6.68. The van der Waals surface area contributed by atoms with Crippen LogP contribution in [0.4, 0.5) is 0 Å². The van der Waals surface area contributed by atoms with Crippen LogP contribution >= 0.6 is 0 Å². The van der Waals surface area contributed by atoms with Gasteiger partial charge in [0, 0.05) is 18.0 Å². The van der Waals surface area contributed by atoms with Crippen molar-refractivity contribution in [3.63, 3.8) is 0 Å². The first-order valence-corrected chi connectivity index (χ1v) is 9.02. The maximum Gasteiger partial charge on any atom is 0.338 e. The number of hydrogen-bond acceptors (Lipinski definition) is 6. The molecule has 0 spiro atoms. The highest BCUT2D eigenvalue weighted by Gasteiger charge is 2.35. The number of aromatic nitrogens is 3. The molecule has 0 bridgehead atoms. The molecular weight excluding hydrogens is 348 g/mol. The van der Waals surface area contributed by atoms with Crippen molar-refractivity contribution in [2.75, 3.05) is 20.8 Å². The summed E-state index contributed by atoms with van der Waals surface area (Å²) in [4.78, 5) is 26.7. The molecule has 4 rings (SSSR count). The topological polar surface area (TPSA) is 86.6 Å². The summed E-state index contributed by atoms with van der Waals surface area (Å²) < 4.78 is 12.2. The van der Waals surface area contributed by atoms with Gasteiger partial charge >= 0.3 is 5.97 Å². The van der Waals surface area contributed by atoms with Gasteiger partial charge < -0.3 is 18.9 Å². The fourth-order valence-corrected chi connectivity index (χ4v) is 3.59. The van der Waals surface area contributed by atoms with Gasteiger partial charge in [-0.2, -0.15) is 0 Å². The first-order chi connectivity index (χ1) is 13.0. The number of rotatable bonds is 4. The molecule has 1 aromatic carbocycles. The molecule has 8 heteroatoms. The van der Waals surface area contributed by atoms with Crippen LogP contribution in [0.5, 0.6) is 5.75 Å². The number of ether oxygens (including phenoxy) is 2. The fourth-order valence-electron chi connectivity index (χ4n) is 3.59. The molecule has 1 aliphatic carbocycles. The van der Waals surface area contributed by atoms with Crippen molar-refractivity contribution in [1.82, 2.24) is 19.7 Å². The molecule has 1 fully saturated rings. The van der Waals surface area contributed by atoms with Crippen molar-refractivity contribution in [1.29, 1.82) is 0 Å². The number of benzene rings is 1. The zero-order valence-electron chi connectivity index (χ0n) is 15.6. The predicted octanol–water partition coefficient (Wildman–Crippen LogP) is 2.17. The van der Waals surface area contributed by atoms with E-state index in [1.54, 1.807) is 17.0 Å². The maximum atomic E-state index is 13.1. The lowest BCUT2D eigenvalue weighted by Crippen LogP contribution is -2.40. The molecule has 1 amide bonds. The average molecular weight is 370 g/mol. The molecule has 1 saturated carbocycles. The van der Waals surface area contributed by atoms with Crippen LogP contribution in [0.2, 0.25) is 0 Å². The summed E-state index contributed by atoms with van der Waals surface area (Å²) >= 11 is 0. The quantitative estimate of drug-likeness (QED) is 0.767. The van der Waals surface area contributed by atoms with Gasteiger partial charge in [-0.1, -0.05) is 0 Å². The number of hydrogen-bond donors (Lipinski definition) is 0. The van der Waals surface area contributed by atoms with E-state index in [-0.39, 0.29) is 17.5 Å². The van der Waals surface area contributed by atoms with E-state index in [0.29, 0.717) is 30.3 Å². The van der Waals surface area contributed by atoms with Crippen LogP contribution in [0.25, 0.3) is 0 Å². The van der Waals surface area contributed by atoms with E-state index < -0.39 is 5.97 Å². The normalized spacial score (nSPS) is 18.8. The van der Waals surface area contributed by atoms with Crippen molar-refractivity contribution in [3.05, 3.63) is 41.0 Å². The van der Waals surface area contributed by atoms with Gasteiger partial charge in [0.1, 0.15) is 11.6 Å².